The van der Waals surface area contributed by atoms with E-state index in [1.54, 1.807) is 20.0 Å². The molecule has 8 heteroatoms. The third-order valence-electron chi connectivity index (χ3n) is 5.15. The lowest BCUT2D eigenvalue weighted by atomic mass is 9.94. The molecule has 2 N–H and O–H groups in total. The summed E-state index contributed by atoms with van der Waals surface area (Å²) in [6.07, 6.45) is 3.69. The molecule has 1 aliphatic heterocycles. The van der Waals surface area contributed by atoms with Crippen molar-refractivity contribution in [3.63, 3.8) is 0 Å². The third kappa shape index (κ3) is 3.69. The molecule has 27 heavy (non-hydrogen) atoms. The highest BCUT2D eigenvalue weighted by molar-refractivity contribution is 6.32. The van der Waals surface area contributed by atoms with Crippen LogP contribution in [0.2, 0.25) is 5.02 Å². The number of carbonyl (C=O) groups is 2. The average molecular weight is 395 g/mol. The van der Waals surface area contributed by atoms with E-state index in [9.17, 15) is 14.7 Å². The van der Waals surface area contributed by atoms with E-state index in [0.29, 0.717) is 16.8 Å². The zero-order valence-corrected chi connectivity index (χ0v) is 16.3. The molecule has 0 radical (unpaired) electrons. The van der Waals surface area contributed by atoms with Crippen molar-refractivity contribution in [2.45, 2.75) is 44.8 Å². The number of hydrogen-bond donors (Lipinski definition) is 2. The van der Waals surface area contributed by atoms with Crippen LogP contribution in [0, 0.1) is 0 Å². The van der Waals surface area contributed by atoms with E-state index in [-0.39, 0.29) is 28.7 Å². The number of nitrogens with zero attached hydrogens (tertiary/aromatic N) is 1. The van der Waals surface area contributed by atoms with E-state index in [0.717, 1.165) is 25.7 Å². The largest absolute Gasteiger partial charge is 0.503 e. The summed E-state index contributed by atoms with van der Waals surface area (Å²) in [5.41, 5.74) is 1.37. The van der Waals surface area contributed by atoms with Gasteiger partial charge in [-0.2, -0.15) is 0 Å². The molecule has 1 saturated carbocycles. The Hall–Kier alpha value is -2.41. The van der Waals surface area contributed by atoms with E-state index in [4.69, 9.17) is 21.1 Å². The van der Waals surface area contributed by atoms with Crippen molar-refractivity contribution in [2.75, 3.05) is 14.2 Å². The summed E-state index contributed by atoms with van der Waals surface area (Å²) in [6.45, 7) is 1.70. The second-order valence-electron chi connectivity index (χ2n) is 6.81. The lowest BCUT2D eigenvalue weighted by Crippen LogP contribution is -2.46. The van der Waals surface area contributed by atoms with Gasteiger partial charge in [-0.25, -0.2) is 9.59 Å². The summed E-state index contributed by atoms with van der Waals surface area (Å²) in [5.74, 6) is -0.496. The van der Waals surface area contributed by atoms with E-state index in [2.05, 4.69) is 5.32 Å². The first kappa shape index (κ1) is 19.4. The second-order valence-corrected chi connectivity index (χ2v) is 7.21. The molecule has 2 aliphatic rings. The number of nitrogens with one attached hydrogen (secondary N) is 1. The van der Waals surface area contributed by atoms with Crippen molar-refractivity contribution in [1.29, 1.82) is 0 Å². The Morgan fingerprint density at radius 1 is 1.33 bits per heavy atom. The van der Waals surface area contributed by atoms with Gasteiger partial charge in [-0.3, -0.25) is 0 Å². The van der Waals surface area contributed by atoms with Crippen LogP contribution in [0.15, 0.2) is 23.4 Å². The standard InChI is InChI=1S/C19H23ClN2O5/c1-10-15(18(24)27-12-6-4-5-7-12)16(21-19(25)22(10)2)11-8-13(20)17(23)14(9-11)26-3/h8-9,12,16,23H,4-7H2,1-3H3,(H,21,25)/t16-/m1/s1. The number of amides is 2. The molecule has 1 aromatic rings. The van der Waals surface area contributed by atoms with Crippen LogP contribution < -0.4 is 10.1 Å². The minimum Gasteiger partial charge on any atom is -0.503 e. The van der Waals surface area contributed by atoms with Crippen molar-refractivity contribution in [1.82, 2.24) is 10.2 Å². The quantitative estimate of drug-likeness (QED) is 0.763. The van der Waals surface area contributed by atoms with E-state index in [1.807, 2.05) is 0 Å². The molecule has 1 atom stereocenters. The fourth-order valence-electron chi connectivity index (χ4n) is 3.49. The molecule has 146 valence electrons. The predicted molar refractivity (Wildman–Crippen MR) is 99.8 cm³/mol. The van der Waals surface area contributed by atoms with Crippen molar-refractivity contribution in [3.05, 3.63) is 34.0 Å². The van der Waals surface area contributed by atoms with E-state index >= 15 is 0 Å². The maximum absolute atomic E-state index is 12.9. The van der Waals surface area contributed by atoms with Gasteiger partial charge in [0.15, 0.2) is 11.5 Å². The monoisotopic (exact) mass is 394 g/mol. The number of phenols is 1. The summed E-state index contributed by atoms with van der Waals surface area (Å²) in [7, 11) is 2.99. The maximum Gasteiger partial charge on any atom is 0.338 e. The van der Waals surface area contributed by atoms with Gasteiger partial charge in [0.05, 0.1) is 23.7 Å². The molecule has 2 amide bonds. The summed E-state index contributed by atoms with van der Waals surface area (Å²) in [5, 5.41) is 12.8. The lowest BCUT2D eigenvalue weighted by Gasteiger charge is -2.33. The molecule has 3 rings (SSSR count). The van der Waals surface area contributed by atoms with Gasteiger partial charge >= 0.3 is 12.0 Å². The Balaban J connectivity index is 2.02. The van der Waals surface area contributed by atoms with E-state index < -0.39 is 12.0 Å². The number of urea groups is 1. The van der Waals surface area contributed by atoms with Crippen LogP contribution in [0.25, 0.3) is 0 Å². The minimum atomic E-state index is -0.755. The molecule has 0 spiro atoms. The molecule has 1 aliphatic carbocycles. The van der Waals surface area contributed by atoms with Crippen molar-refractivity contribution >= 4 is 23.6 Å². The van der Waals surface area contributed by atoms with Gasteiger partial charge in [0, 0.05) is 12.7 Å². The summed E-state index contributed by atoms with van der Waals surface area (Å²) in [6, 6.07) is 1.95. The number of hydrogen-bond acceptors (Lipinski definition) is 5. The van der Waals surface area contributed by atoms with Crippen molar-refractivity contribution < 1.29 is 24.2 Å². The highest BCUT2D eigenvalue weighted by atomic mass is 35.5. The van der Waals surface area contributed by atoms with Crippen molar-refractivity contribution in [2.24, 2.45) is 0 Å². The molecule has 0 bridgehead atoms. The fraction of sp³-hybridized carbons (Fsp3) is 0.474. The van der Waals surface area contributed by atoms with Crippen LogP contribution in [0.3, 0.4) is 0 Å². The highest BCUT2D eigenvalue weighted by Gasteiger charge is 2.37. The molecule has 0 saturated heterocycles. The SMILES string of the molecule is COc1cc([C@H]2NC(=O)N(C)C(C)=C2C(=O)OC2CCCC2)cc(Cl)c1O. The number of allylic oxidation sites excluding steroid dienone is 1. The number of carbonyl (C=O) groups excluding carboxylic acids is 2. The van der Waals surface area contributed by atoms with Crippen LogP contribution in [-0.2, 0) is 9.53 Å². The van der Waals surface area contributed by atoms with Crippen LogP contribution in [0.5, 0.6) is 11.5 Å². The molecule has 0 unspecified atom stereocenters. The first-order valence-electron chi connectivity index (χ1n) is 8.85. The number of ether oxygens (including phenoxy) is 2. The molecule has 1 aromatic carbocycles. The number of phenolic OH excluding ortho intramolecular Hbond substituents is 1. The zero-order chi connectivity index (χ0) is 19.7. The Labute approximate surface area is 162 Å². The molecule has 1 heterocycles. The zero-order valence-electron chi connectivity index (χ0n) is 15.5. The number of aromatic hydroxyl groups is 1. The summed E-state index contributed by atoms with van der Waals surface area (Å²) in [4.78, 5) is 26.6. The summed E-state index contributed by atoms with van der Waals surface area (Å²) >= 11 is 6.10. The predicted octanol–water partition coefficient (Wildman–Crippen LogP) is 3.51. The molecular formula is C19H23ClN2O5. The minimum absolute atomic E-state index is 0.0682. The number of benzene rings is 1. The fourth-order valence-corrected chi connectivity index (χ4v) is 3.71. The molecular weight excluding hydrogens is 372 g/mol. The smallest absolute Gasteiger partial charge is 0.338 e. The van der Waals surface area contributed by atoms with Crippen LogP contribution in [0.4, 0.5) is 4.79 Å². The number of halogens is 1. The topological polar surface area (TPSA) is 88.1 Å². The van der Waals surface area contributed by atoms with Crippen molar-refractivity contribution in [3.8, 4) is 11.5 Å². The number of rotatable bonds is 4. The lowest BCUT2D eigenvalue weighted by molar-refractivity contribution is -0.144. The molecule has 1 fully saturated rings. The highest BCUT2D eigenvalue weighted by Crippen LogP contribution is 2.40. The number of esters is 1. The van der Waals surface area contributed by atoms with Gasteiger partial charge in [-0.05, 0) is 50.3 Å². The summed E-state index contributed by atoms with van der Waals surface area (Å²) < 4.78 is 10.8. The Morgan fingerprint density at radius 3 is 2.63 bits per heavy atom. The van der Waals surface area contributed by atoms with E-state index in [1.165, 1.54) is 18.1 Å². The van der Waals surface area contributed by atoms with Gasteiger partial charge in [0.25, 0.3) is 0 Å². The van der Waals surface area contributed by atoms with Gasteiger partial charge in [-0.1, -0.05) is 11.6 Å². The van der Waals surface area contributed by atoms with Gasteiger partial charge < -0.3 is 24.8 Å². The normalized spacial score (nSPS) is 20.7. The first-order valence-corrected chi connectivity index (χ1v) is 9.23. The Kier molecular flexibility index (Phi) is 5.51. The Bertz CT molecular complexity index is 802. The van der Waals surface area contributed by atoms with Crippen LogP contribution in [-0.4, -0.2) is 42.3 Å². The first-order chi connectivity index (χ1) is 12.8. The van der Waals surface area contributed by atoms with Crippen LogP contribution in [0.1, 0.15) is 44.2 Å². The number of methoxy groups -OCH3 is 1. The molecule has 7 nitrogen and oxygen atoms in total. The third-order valence-corrected chi connectivity index (χ3v) is 5.44. The second kappa shape index (κ2) is 7.68. The molecule has 0 aromatic heterocycles. The Morgan fingerprint density at radius 2 is 2.00 bits per heavy atom. The van der Waals surface area contributed by atoms with Gasteiger partial charge in [0.1, 0.15) is 6.10 Å². The van der Waals surface area contributed by atoms with Gasteiger partial charge in [-0.15, -0.1) is 0 Å². The maximum atomic E-state index is 12.9. The average Bonchev–Trinajstić information content (AvgIpc) is 3.14. The van der Waals surface area contributed by atoms with Gasteiger partial charge in [0.2, 0.25) is 0 Å². The van der Waals surface area contributed by atoms with Crippen LogP contribution >= 0.6 is 11.6 Å².